The average molecular weight is 263 g/mol. The Morgan fingerprint density at radius 2 is 1.89 bits per heavy atom. The summed E-state index contributed by atoms with van der Waals surface area (Å²) >= 11 is 0. The quantitative estimate of drug-likeness (QED) is 0.834. The van der Waals surface area contributed by atoms with Crippen LogP contribution in [0.15, 0.2) is 16.9 Å². The van der Waals surface area contributed by atoms with E-state index in [1.807, 2.05) is 0 Å². The number of pyridine rings is 1. The maximum Gasteiger partial charge on any atom is 0.192 e. The molecule has 2 aromatic rings. The summed E-state index contributed by atoms with van der Waals surface area (Å²) in [5, 5.41) is -0.167. The molecule has 0 amide bonds. The molecule has 100 valence electrons. The number of benzene rings is 1. The number of fused-ring (bicyclic) bond motifs is 1. The highest BCUT2D eigenvalue weighted by Gasteiger charge is 2.21. The van der Waals surface area contributed by atoms with Crippen LogP contribution < -0.4 is 5.43 Å². The minimum atomic E-state index is -0.629. The molecule has 1 aromatic heterocycles. The van der Waals surface area contributed by atoms with E-state index < -0.39 is 17.1 Å². The number of halogens is 2. The molecule has 0 unspecified atom stereocenters. The molecule has 2 nitrogen and oxygen atoms in total. The van der Waals surface area contributed by atoms with Crippen LogP contribution in [0.25, 0.3) is 10.9 Å². The normalized spacial score (nSPS) is 16.4. The van der Waals surface area contributed by atoms with E-state index in [-0.39, 0.29) is 22.4 Å². The van der Waals surface area contributed by atoms with Gasteiger partial charge in [0.25, 0.3) is 0 Å². The van der Waals surface area contributed by atoms with Gasteiger partial charge in [-0.05, 0) is 37.3 Å². The summed E-state index contributed by atoms with van der Waals surface area (Å²) in [6, 6.07) is 2.56. The minimum absolute atomic E-state index is 0.00231. The van der Waals surface area contributed by atoms with Gasteiger partial charge in [-0.1, -0.05) is 12.8 Å². The Balaban J connectivity index is 2.29. The van der Waals surface area contributed by atoms with Crippen LogP contribution in [-0.2, 0) is 0 Å². The third-order valence-electron chi connectivity index (χ3n) is 4.00. The van der Waals surface area contributed by atoms with E-state index in [0.717, 1.165) is 37.4 Å². The Labute approximate surface area is 109 Å². The van der Waals surface area contributed by atoms with Crippen molar-refractivity contribution in [3.8, 4) is 0 Å². The number of rotatable bonds is 1. The predicted molar refractivity (Wildman–Crippen MR) is 70.4 cm³/mol. The molecule has 0 spiro atoms. The fraction of sp³-hybridized carbons (Fsp3) is 0.400. The Morgan fingerprint density at radius 3 is 2.58 bits per heavy atom. The Bertz CT molecular complexity index is 699. The second-order valence-corrected chi connectivity index (χ2v) is 5.31. The first kappa shape index (κ1) is 12.3. The zero-order valence-electron chi connectivity index (χ0n) is 10.7. The van der Waals surface area contributed by atoms with Gasteiger partial charge in [0.2, 0.25) is 0 Å². The van der Waals surface area contributed by atoms with E-state index in [2.05, 4.69) is 4.98 Å². The van der Waals surface area contributed by atoms with Crippen LogP contribution in [0.5, 0.6) is 0 Å². The van der Waals surface area contributed by atoms with Crippen LogP contribution in [0.3, 0.4) is 0 Å². The highest BCUT2D eigenvalue weighted by molar-refractivity contribution is 5.80. The molecule has 4 heteroatoms. The number of aromatic amines is 1. The molecule has 19 heavy (non-hydrogen) atoms. The summed E-state index contributed by atoms with van der Waals surface area (Å²) in [5.41, 5.74) is 0.453. The van der Waals surface area contributed by atoms with E-state index >= 15 is 0 Å². The van der Waals surface area contributed by atoms with Gasteiger partial charge >= 0.3 is 0 Å². The van der Waals surface area contributed by atoms with E-state index in [1.54, 1.807) is 0 Å². The highest BCUT2D eigenvalue weighted by atomic mass is 19.1. The topological polar surface area (TPSA) is 32.9 Å². The van der Waals surface area contributed by atoms with Gasteiger partial charge in [-0.2, -0.15) is 0 Å². The fourth-order valence-electron chi connectivity index (χ4n) is 2.96. The Hall–Kier alpha value is -1.71. The van der Waals surface area contributed by atoms with Crippen LogP contribution in [0, 0.1) is 18.6 Å². The lowest BCUT2D eigenvalue weighted by molar-refractivity contribution is 0.605. The molecule has 0 radical (unpaired) electrons. The largest absolute Gasteiger partial charge is 0.355 e. The molecular formula is C15H15F2NO. The Morgan fingerprint density at radius 1 is 1.21 bits per heavy atom. The van der Waals surface area contributed by atoms with Crippen LogP contribution >= 0.6 is 0 Å². The third kappa shape index (κ3) is 1.95. The van der Waals surface area contributed by atoms with Crippen molar-refractivity contribution in [1.82, 2.24) is 4.98 Å². The van der Waals surface area contributed by atoms with Crippen molar-refractivity contribution in [3.63, 3.8) is 0 Å². The molecule has 0 aliphatic heterocycles. The molecular weight excluding hydrogens is 248 g/mol. The van der Waals surface area contributed by atoms with E-state index in [0.29, 0.717) is 0 Å². The lowest BCUT2D eigenvalue weighted by Gasteiger charge is -2.12. The lowest BCUT2D eigenvalue weighted by atomic mass is 10.0. The predicted octanol–water partition coefficient (Wildman–Crippen LogP) is 3.77. The SMILES string of the molecule is Cc1cc(F)c2[nH]c(C3CCCC3)cc(=O)c2c1F. The maximum atomic E-state index is 14.0. The molecule has 0 bridgehead atoms. The number of H-pyrrole nitrogens is 1. The molecule has 1 aromatic carbocycles. The van der Waals surface area contributed by atoms with Gasteiger partial charge in [-0.25, -0.2) is 8.78 Å². The number of hydrogen-bond donors (Lipinski definition) is 1. The number of nitrogens with one attached hydrogen (secondary N) is 1. The lowest BCUT2D eigenvalue weighted by Crippen LogP contribution is -2.11. The molecule has 1 saturated carbocycles. The van der Waals surface area contributed by atoms with Crippen LogP contribution in [-0.4, -0.2) is 4.98 Å². The summed E-state index contributed by atoms with van der Waals surface area (Å²) < 4.78 is 27.9. The first-order valence-electron chi connectivity index (χ1n) is 6.59. The van der Waals surface area contributed by atoms with Crippen molar-refractivity contribution >= 4 is 10.9 Å². The summed E-state index contributed by atoms with van der Waals surface area (Å²) in [5.74, 6) is -0.928. The van der Waals surface area contributed by atoms with Crippen LogP contribution in [0.4, 0.5) is 8.78 Å². The zero-order valence-corrected chi connectivity index (χ0v) is 10.7. The summed E-state index contributed by atoms with van der Waals surface area (Å²) in [6.45, 7) is 1.46. The van der Waals surface area contributed by atoms with Crippen molar-refractivity contribution in [2.45, 2.75) is 38.5 Å². The molecule has 0 atom stereocenters. The number of aryl methyl sites for hydroxylation is 1. The van der Waals surface area contributed by atoms with E-state index in [9.17, 15) is 13.6 Å². The second-order valence-electron chi connectivity index (χ2n) is 5.31. The van der Waals surface area contributed by atoms with Gasteiger partial charge in [0.05, 0.1) is 10.9 Å². The summed E-state index contributed by atoms with van der Waals surface area (Å²) in [4.78, 5) is 15.0. The number of hydrogen-bond acceptors (Lipinski definition) is 1. The van der Waals surface area contributed by atoms with Crippen molar-refractivity contribution in [1.29, 1.82) is 0 Å². The highest BCUT2D eigenvalue weighted by Crippen LogP contribution is 2.33. The summed E-state index contributed by atoms with van der Waals surface area (Å²) in [7, 11) is 0. The molecule has 1 aliphatic rings. The number of aromatic nitrogens is 1. The van der Waals surface area contributed by atoms with Crippen LogP contribution in [0.2, 0.25) is 0 Å². The van der Waals surface area contributed by atoms with Gasteiger partial charge < -0.3 is 4.98 Å². The molecule has 1 heterocycles. The third-order valence-corrected chi connectivity index (χ3v) is 4.00. The molecule has 3 rings (SSSR count). The Kier molecular flexibility index (Phi) is 2.88. The smallest absolute Gasteiger partial charge is 0.192 e. The van der Waals surface area contributed by atoms with Gasteiger partial charge in [0.1, 0.15) is 11.6 Å². The van der Waals surface area contributed by atoms with Gasteiger partial charge in [0, 0.05) is 11.8 Å². The zero-order chi connectivity index (χ0) is 13.6. The molecule has 0 saturated heterocycles. The second kappa shape index (κ2) is 4.44. The van der Waals surface area contributed by atoms with E-state index in [1.165, 1.54) is 13.0 Å². The fourth-order valence-corrected chi connectivity index (χ4v) is 2.96. The average Bonchev–Trinajstić information content (AvgIpc) is 2.89. The molecule has 1 N–H and O–H groups in total. The van der Waals surface area contributed by atoms with Crippen molar-refractivity contribution < 1.29 is 8.78 Å². The molecule has 1 aliphatic carbocycles. The van der Waals surface area contributed by atoms with Crippen molar-refractivity contribution in [2.75, 3.05) is 0 Å². The maximum absolute atomic E-state index is 14.0. The first-order chi connectivity index (χ1) is 9.08. The van der Waals surface area contributed by atoms with Crippen molar-refractivity contribution in [2.24, 2.45) is 0 Å². The molecule has 1 fully saturated rings. The van der Waals surface area contributed by atoms with Gasteiger partial charge in [-0.3, -0.25) is 4.79 Å². The van der Waals surface area contributed by atoms with Crippen molar-refractivity contribution in [3.05, 3.63) is 45.2 Å². The monoisotopic (exact) mass is 263 g/mol. The van der Waals surface area contributed by atoms with Gasteiger partial charge in [-0.15, -0.1) is 0 Å². The first-order valence-corrected chi connectivity index (χ1v) is 6.59. The van der Waals surface area contributed by atoms with Crippen LogP contribution in [0.1, 0.15) is 42.9 Å². The standard InChI is InChI=1S/C15H15F2NO/c1-8-6-10(16)15-13(14(8)17)12(19)7-11(18-15)9-4-2-3-5-9/h6-7,9H,2-5H2,1H3,(H,18,19). The minimum Gasteiger partial charge on any atom is -0.355 e. The van der Waals surface area contributed by atoms with E-state index in [4.69, 9.17) is 0 Å². The van der Waals surface area contributed by atoms with Gasteiger partial charge in [0.15, 0.2) is 5.43 Å². The summed E-state index contributed by atoms with van der Waals surface area (Å²) in [6.07, 6.45) is 4.24.